The van der Waals surface area contributed by atoms with Crippen LogP contribution >= 0.6 is 0 Å². The summed E-state index contributed by atoms with van der Waals surface area (Å²) in [5.41, 5.74) is 1.43. The van der Waals surface area contributed by atoms with Crippen molar-refractivity contribution < 1.29 is 33.3 Å². The zero-order valence-corrected chi connectivity index (χ0v) is 19.4. The normalized spacial score (nSPS) is 16.9. The maximum absolute atomic E-state index is 13.5. The van der Waals surface area contributed by atoms with Crippen LogP contribution in [0.15, 0.2) is 72.3 Å². The number of aliphatic hydroxyl groups excluding tert-OH is 1. The summed E-state index contributed by atoms with van der Waals surface area (Å²) in [6, 6.07) is 16.3. The highest BCUT2D eigenvalue weighted by atomic mass is 19.1. The zero-order chi connectivity index (χ0) is 25.1. The van der Waals surface area contributed by atoms with E-state index in [-0.39, 0.29) is 23.4 Å². The highest BCUT2D eigenvalue weighted by Crippen LogP contribution is 2.42. The van der Waals surface area contributed by atoms with E-state index in [1.54, 1.807) is 49.6 Å². The number of aliphatic hydroxyl groups is 1. The Balaban J connectivity index is 1.86. The molecule has 1 fully saturated rings. The van der Waals surface area contributed by atoms with Crippen molar-refractivity contribution in [1.29, 1.82) is 0 Å². The highest BCUT2D eigenvalue weighted by molar-refractivity contribution is 6.46. The van der Waals surface area contributed by atoms with Gasteiger partial charge in [0.1, 0.15) is 17.3 Å². The lowest BCUT2D eigenvalue weighted by Crippen LogP contribution is -2.29. The van der Waals surface area contributed by atoms with Crippen molar-refractivity contribution in [2.24, 2.45) is 0 Å². The average molecular weight is 477 g/mol. The fourth-order valence-electron chi connectivity index (χ4n) is 4.10. The molecule has 0 aromatic heterocycles. The van der Waals surface area contributed by atoms with Crippen molar-refractivity contribution in [3.63, 3.8) is 0 Å². The SMILES string of the molecule is COc1ccc(CN2C(=O)C(=O)/C(=C(\O)c3ccc(F)cc3)C2c2ccc(OC)c(OC)c2)cc1. The van der Waals surface area contributed by atoms with Crippen LogP contribution in [-0.2, 0) is 16.1 Å². The molecule has 7 nitrogen and oxygen atoms in total. The molecule has 1 aliphatic heterocycles. The van der Waals surface area contributed by atoms with Crippen LogP contribution in [-0.4, -0.2) is 43.0 Å². The first-order chi connectivity index (χ1) is 16.9. The fourth-order valence-corrected chi connectivity index (χ4v) is 4.10. The van der Waals surface area contributed by atoms with Crippen LogP contribution < -0.4 is 14.2 Å². The molecule has 4 rings (SSSR count). The van der Waals surface area contributed by atoms with Gasteiger partial charge in [0.25, 0.3) is 11.7 Å². The van der Waals surface area contributed by atoms with Crippen molar-refractivity contribution in [1.82, 2.24) is 4.90 Å². The minimum atomic E-state index is -0.915. The van der Waals surface area contributed by atoms with Gasteiger partial charge < -0.3 is 24.2 Å². The largest absolute Gasteiger partial charge is 0.507 e. The molecule has 1 aliphatic rings. The number of Topliss-reactive ketones (excluding diaryl/α,β-unsaturated/α-hetero) is 1. The van der Waals surface area contributed by atoms with Gasteiger partial charge in [-0.2, -0.15) is 0 Å². The van der Waals surface area contributed by atoms with E-state index in [9.17, 15) is 19.1 Å². The van der Waals surface area contributed by atoms with Gasteiger partial charge in [-0.25, -0.2) is 4.39 Å². The Morgan fingerprint density at radius 3 is 2.14 bits per heavy atom. The van der Waals surface area contributed by atoms with E-state index >= 15 is 0 Å². The number of ether oxygens (including phenoxy) is 3. The number of nitrogens with zero attached hydrogens (tertiary/aromatic N) is 1. The molecule has 1 heterocycles. The van der Waals surface area contributed by atoms with E-state index in [2.05, 4.69) is 0 Å². The first-order valence-corrected chi connectivity index (χ1v) is 10.8. The molecule has 0 aliphatic carbocycles. The van der Waals surface area contributed by atoms with Crippen LogP contribution in [0.3, 0.4) is 0 Å². The molecule has 0 saturated carbocycles. The molecule has 0 radical (unpaired) electrons. The number of halogens is 1. The maximum Gasteiger partial charge on any atom is 0.295 e. The summed E-state index contributed by atoms with van der Waals surface area (Å²) >= 11 is 0. The standard InChI is InChI=1S/C27H24FNO6/c1-33-20-11-4-16(5-12-20)15-29-24(18-8-13-21(34-2)22(14-18)35-3)23(26(31)27(29)32)25(30)17-6-9-19(28)10-7-17/h4-14,24,30H,15H2,1-3H3/b25-23-. The average Bonchev–Trinajstić information content (AvgIpc) is 3.13. The van der Waals surface area contributed by atoms with E-state index in [1.807, 2.05) is 0 Å². The molecule has 3 aromatic rings. The van der Waals surface area contributed by atoms with Crippen LogP contribution in [0.2, 0.25) is 0 Å². The number of hydrogen-bond donors (Lipinski definition) is 1. The molecule has 1 N–H and O–H groups in total. The van der Waals surface area contributed by atoms with Crippen molar-refractivity contribution in [2.45, 2.75) is 12.6 Å². The van der Waals surface area contributed by atoms with Crippen LogP contribution in [0, 0.1) is 5.82 Å². The number of rotatable bonds is 7. The third kappa shape index (κ3) is 4.55. The van der Waals surface area contributed by atoms with Gasteiger partial charge in [-0.05, 0) is 59.7 Å². The summed E-state index contributed by atoms with van der Waals surface area (Å²) in [5.74, 6) is -0.935. The lowest BCUT2D eigenvalue weighted by molar-refractivity contribution is -0.140. The number of carbonyl (C=O) groups is 2. The van der Waals surface area contributed by atoms with Crippen LogP contribution in [0.4, 0.5) is 4.39 Å². The molecule has 1 atom stereocenters. The first kappa shape index (κ1) is 23.8. The number of hydrogen-bond acceptors (Lipinski definition) is 6. The van der Waals surface area contributed by atoms with Gasteiger partial charge in [0, 0.05) is 12.1 Å². The molecular formula is C27H24FNO6. The predicted molar refractivity (Wildman–Crippen MR) is 127 cm³/mol. The summed E-state index contributed by atoms with van der Waals surface area (Å²) in [6.45, 7) is 0.105. The number of likely N-dealkylation sites (tertiary alicyclic amines) is 1. The Morgan fingerprint density at radius 2 is 1.54 bits per heavy atom. The van der Waals surface area contributed by atoms with Crippen molar-refractivity contribution >= 4 is 17.4 Å². The topological polar surface area (TPSA) is 85.3 Å². The van der Waals surface area contributed by atoms with E-state index < -0.39 is 23.5 Å². The molecule has 1 saturated heterocycles. The smallest absolute Gasteiger partial charge is 0.295 e. The zero-order valence-electron chi connectivity index (χ0n) is 19.4. The molecule has 0 spiro atoms. The molecule has 8 heteroatoms. The second-order valence-electron chi connectivity index (χ2n) is 7.90. The van der Waals surface area contributed by atoms with Gasteiger partial charge in [-0.1, -0.05) is 18.2 Å². The summed E-state index contributed by atoms with van der Waals surface area (Å²) in [6.07, 6.45) is 0. The fraction of sp³-hybridized carbons (Fsp3) is 0.185. The summed E-state index contributed by atoms with van der Waals surface area (Å²) in [5, 5.41) is 11.1. The molecule has 0 bridgehead atoms. The third-order valence-electron chi connectivity index (χ3n) is 5.89. The van der Waals surface area contributed by atoms with Crippen molar-refractivity contribution in [3.8, 4) is 17.2 Å². The van der Waals surface area contributed by atoms with Crippen molar-refractivity contribution in [3.05, 3.63) is 94.8 Å². The van der Waals surface area contributed by atoms with Gasteiger partial charge in [-0.15, -0.1) is 0 Å². The first-order valence-electron chi connectivity index (χ1n) is 10.8. The van der Waals surface area contributed by atoms with Crippen LogP contribution in [0.25, 0.3) is 5.76 Å². The molecule has 180 valence electrons. The second-order valence-corrected chi connectivity index (χ2v) is 7.90. The second kappa shape index (κ2) is 9.89. The Bertz CT molecular complexity index is 1280. The monoisotopic (exact) mass is 477 g/mol. The lowest BCUT2D eigenvalue weighted by atomic mass is 9.94. The minimum absolute atomic E-state index is 0.0951. The number of benzene rings is 3. The predicted octanol–water partition coefficient (Wildman–Crippen LogP) is 4.47. The number of carbonyl (C=O) groups excluding carboxylic acids is 2. The summed E-state index contributed by atoms with van der Waals surface area (Å²) in [7, 11) is 4.54. The Kier molecular flexibility index (Phi) is 6.73. The molecule has 1 amide bonds. The Hall–Kier alpha value is -4.33. The quantitative estimate of drug-likeness (QED) is 0.307. The molecule has 35 heavy (non-hydrogen) atoms. The number of amides is 1. The van der Waals surface area contributed by atoms with Gasteiger partial charge >= 0.3 is 0 Å². The summed E-state index contributed by atoms with van der Waals surface area (Å²) in [4.78, 5) is 27.8. The van der Waals surface area contributed by atoms with E-state index in [1.165, 1.54) is 43.4 Å². The van der Waals surface area contributed by atoms with Gasteiger partial charge in [-0.3, -0.25) is 9.59 Å². The van der Waals surface area contributed by atoms with Crippen LogP contribution in [0.5, 0.6) is 17.2 Å². The molecular weight excluding hydrogens is 453 g/mol. The lowest BCUT2D eigenvalue weighted by Gasteiger charge is -2.26. The Morgan fingerprint density at radius 1 is 0.886 bits per heavy atom. The minimum Gasteiger partial charge on any atom is -0.507 e. The number of ketones is 1. The molecule has 3 aromatic carbocycles. The van der Waals surface area contributed by atoms with E-state index in [0.29, 0.717) is 22.8 Å². The van der Waals surface area contributed by atoms with Crippen LogP contribution in [0.1, 0.15) is 22.7 Å². The van der Waals surface area contributed by atoms with Gasteiger partial charge in [0.15, 0.2) is 11.5 Å². The van der Waals surface area contributed by atoms with E-state index in [4.69, 9.17) is 14.2 Å². The highest BCUT2D eigenvalue weighted by Gasteiger charge is 2.46. The summed E-state index contributed by atoms with van der Waals surface area (Å²) < 4.78 is 29.4. The number of methoxy groups -OCH3 is 3. The van der Waals surface area contributed by atoms with Gasteiger partial charge in [0.05, 0.1) is 32.9 Å². The van der Waals surface area contributed by atoms with Crippen molar-refractivity contribution in [2.75, 3.05) is 21.3 Å². The third-order valence-corrected chi connectivity index (χ3v) is 5.89. The maximum atomic E-state index is 13.5. The van der Waals surface area contributed by atoms with E-state index in [0.717, 1.165) is 5.56 Å². The molecule has 1 unspecified atom stereocenters. The Labute approximate surface area is 202 Å². The van der Waals surface area contributed by atoms with Gasteiger partial charge in [0.2, 0.25) is 0 Å².